The molecule has 0 bridgehead atoms. The number of carboxylic acids is 1. The second-order valence-electron chi connectivity index (χ2n) is 6.76. The van der Waals surface area contributed by atoms with Crippen molar-refractivity contribution < 1.29 is 24.3 Å². The van der Waals surface area contributed by atoms with E-state index < -0.39 is 17.5 Å². The molecule has 3 N–H and O–H groups in total. The van der Waals surface area contributed by atoms with Crippen molar-refractivity contribution in [2.75, 3.05) is 11.9 Å². The van der Waals surface area contributed by atoms with Crippen molar-refractivity contribution >= 4 is 29.5 Å². The van der Waals surface area contributed by atoms with Gasteiger partial charge in [0.25, 0.3) is 5.91 Å². The number of hydrogen-bond donors (Lipinski definition) is 3. The summed E-state index contributed by atoms with van der Waals surface area (Å²) < 4.78 is 0. The Bertz CT molecular complexity index is 729. The van der Waals surface area contributed by atoms with Gasteiger partial charge in [0.1, 0.15) is 5.54 Å². The predicted molar refractivity (Wildman–Crippen MR) is 94.6 cm³/mol. The van der Waals surface area contributed by atoms with Gasteiger partial charge in [0.15, 0.2) is 0 Å². The number of rotatable bonds is 8. The Morgan fingerprint density at radius 3 is 2.58 bits per heavy atom. The summed E-state index contributed by atoms with van der Waals surface area (Å²) in [5, 5.41) is 14.1. The first kappa shape index (κ1) is 19.4. The summed E-state index contributed by atoms with van der Waals surface area (Å²) in [5.74, 6) is -1.40. The summed E-state index contributed by atoms with van der Waals surface area (Å²) in [4.78, 5) is 47.6. The van der Waals surface area contributed by atoms with Gasteiger partial charge in [0.05, 0.1) is 0 Å². The highest BCUT2D eigenvalue weighted by Crippen LogP contribution is 2.17. The maximum absolute atomic E-state index is 12.1. The van der Waals surface area contributed by atoms with Gasteiger partial charge in [0, 0.05) is 25.1 Å². The number of imide groups is 1. The van der Waals surface area contributed by atoms with E-state index in [0.717, 1.165) is 10.5 Å². The minimum atomic E-state index is -0.907. The Labute approximate surface area is 151 Å². The molecule has 0 atom stereocenters. The maximum Gasteiger partial charge on any atom is 0.325 e. The quantitative estimate of drug-likeness (QED) is 0.610. The third-order valence-electron chi connectivity index (χ3n) is 4.07. The Kier molecular flexibility index (Phi) is 5.97. The lowest BCUT2D eigenvalue weighted by Crippen LogP contribution is -2.40. The van der Waals surface area contributed by atoms with Gasteiger partial charge in [-0.15, -0.1) is 0 Å². The number of benzene rings is 1. The van der Waals surface area contributed by atoms with Gasteiger partial charge in [-0.3, -0.25) is 19.3 Å². The lowest BCUT2D eigenvalue weighted by molar-refractivity contribution is -0.137. The Morgan fingerprint density at radius 1 is 1.23 bits per heavy atom. The first-order valence-electron chi connectivity index (χ1n) is 8.44. The van der Waals surface area contributed by atoms with Crippen LogP contribution in [-0.4, -0.2) is 45.9 Å². The van der Waals surface area contributed by atoms with Gasteiger partial charge in [0.2, 0.25) is 5.91 Å². The Hall–Kier alpha value is -2.90. The number of nitrogens with one attached hydrogen (secondary N) is 2. The molecule has 1 aromatic rings. The van der Waals surface area contributed by atoms with Crippen LogP contribution in [0.25, 0.3) is 0 Å². The summed E-state index contributed by atoms with van der Waals surface area (Å²) in [6.45, 7) is 3.45. The molecule has 4 amide bonds. The SMILES string of the molecule is CC1(C)NC(=O)N(CCCC(=O)Nc2cccc(CCC(=O)O)c2)C1=O. The smallest absolute Gasteiger partial charge is 0.325 e. The van der Waals surface area contributed by atoms with Gasteiger partial charge in [-0.05, 0) is 44.4 Å². The van der Waals surface area contributed by atoms with Crippen molar-refractivity contribution in [2.24, 2.45) is 0 Å². The van der Waals surface area contributed by atoms with Crippen LogP contribution in [0.3, 0.4) is 0 Å². The molecular weight excluding hydrogens is 338 g/mol. The molecular formula is C18H23N3O5. The average molecular weight is 361 g/mol. The highest BCUT2D eigenvalue weighted by atomic mass is 16.4. The van der Waals surface area contributed by atoms with E-state index in [1.165, 1.54) is 0 Å². The molecule has 0 aromatic heterocycles. The molecule has 1 fully saturated rings. The second-order valence-corrected chi connectivity index (χ2v) is 6.76. The third-order valence-corrected chi connectivity index (χ3v) is 4.07. The van der Waals surface area contributed by atoms with Crippen LogP contribution in [0, 0.1) is 0 Å². The molecule has 1 aliphatic rings. The molecule has 140 valence electrons. The summed E-state index contributed by atoms with van der Waals surface area (Å²) in [6, 6.07) is 6.58. The van der Waals surface area contributed by atoms with Crippen molar-refractivity contribution in [3.63, 3.8) is 0 Å². The number of aryl methyl sites for hydroxylation is 1. The molecule has 0 spiro atoms. The van der Waals surface area contributed by atoms with Crippen molar-refractivity contribution in [2.45, 2.75) is 45.1 Å². The molecule has 0 saturated carbocycles. The van der Waals surface area contributed by atoms with Crippen LogP contribution in [0.5, 0.6) is 0 Å². The van der Waals surface area contributed by atoms with E-state index in [4.69, 9.17) is 5.11 Å². The first-order valence-corrected chi connectivity index (χ1v) is 8.44. The van der Waals surface area contributed by atoms with Crippen LogP contribution in [0.2, 0.25) is 0 Å². The van der Waals surface area contributed by atoms with Crippen LogP contribution in [-0.2, 0) is 20.8 Å². The molecule has 1 heterocycles. The van der Waals surface area contributed by atoms with Crippen LogP contribution >= 0.6 is 0 Å². The van der Waals surface area contributed by atoms with Crippen molar-refractivity contribution in [1.82, 2.24) is 10.2 Å². The lowest BCUT2D eigenvalue weighted by atomic mass is 10.1. The number of aliphatic carboxylic acids is 1. The molecule has 0 unspecified atom stereocenters. The molecule has 0 radical (unpaired) electrons. The molecule has 0 aliphatic carbocycles. The topological polar surface area (TPSA) is 116 Å². The first-order chi connectivity index (χ1) is 12.2. The van der Waals surface area contributed by atoms with E-state index >= 15 is 0 Å². The van der Waals surface area contributed by atoms with E-state index in [1.54, 1.807) is 38.1 Å². The number of hydrogen-bond acceptors (Lipinski definition) is 4. The van der Waals surface area contributed by atoms with Crippen molar-refractivity contribution in [3.8, 4) is 0 Å². The van der Waals surface area contributed by atoms with Crippen LogP contribution in [0.4, 0.5) is 10.5 Å². The zero-order valence-corrected chi connectivity index (χ0v) is 14.9. The second kappa shape index (κ2) is 7.99. The van der Waals surface area contributed by atoms with E-state index in [9.17, 15) is 19.2 Å². The minimum absolute atomic E-state index is 0.0275. The van der Waals surface area contributed by atoms with Gasteiger partial charge in [-0.25, -0.2) is 4.79 Å². The highest BCUT2D eigenvalue weighted by molar-refractivity contribution is 6.06. The van der Waals surface area contributed by atoms with Gasteiger partial charge in [-0.1, -0.05) is 12.1 Å². The fourth-order valence-electron chi connectivity index (χ4n) is 2.70. The third kappa shape index (κ3) is 5.05. The molecule has 26 heavy (non-hydrogen) atoms. The molecule has 1 aliphatic heterocycles. The van der Waals surface area contributed by atoms with Crippen molar-refractivity contribution in [1.29, 1.82) is 0 Å². The van der Waals surface area contributed by atoms with Crippen LogP contribution in [0.1, 0.15) is 38.7 Å². The summed E-state index contributed by atoms with van der Waals surface area (Å²) in [7, 11) is 0. The fourth-order valence-corrected chi connectivity index (χ4v) is 2.70. The minimum Gasteiger partial charge on any atom is -0.481 e. The van der Waals surface area contributed by atoms with E-state index in [1.807, 2.05) is 0 Å². The van der Waals surface area contributed by atoms with Crippen LogP contribution in [0.15, 0.2) is 24.3 Å². The number of nitrogens with zero attached hydrogens (tertiary/aromatic N) is 1. The average Bonchev–Trinajstić information content (AvgIpc) is 2.75. The molecule has 8 nitrogen and oxygen atoms in total. The number of amides is 4. The predicted octanol–water partition coefficient (Wildman–Crippen LogP) is 1.75. The Balaban J connectivity index is 1.80. The number of urea groups is 1. The maximum atomic E-state index is 12.1. The van der Waals surface area contributed by atoms with Crippen molar-refractivity contribution in [3.05, 3.63) is 29.8 Å². The number of carbonyl (C=O) groups is 4. The summed E-state index contributed by atoms with van der Waals surface area (Å²) in [6.07, 6.45) is 0.942. The standard InChI is InChI=1S/C18H23N3O5/c1-18(2)16(25)21(17(26)20-18)10-4-7-14(22)19-13-6-3-5-12(11-13)8-9-15(23)24/h3,5-6,11H,4,7-10H2,1-2H3,(H,19,22)(H,20,26)(H,23,24). The largest absolute Gasteiger partial charge is 0.481 e. The Morgan fingerprint density at radius 2 is 1.96 bits per heavy atom. The molecule has 1 saturated heterocycles. The van der Waals surface area contributed by atoms with Crippen LogP contribution < -0.4 is 10.6 Å². The van der Waals surface area contributed by atoms with E-state index in [0.29, 0.717) is 18.5 Å². The molecule has 8 heteroatoms. The fraction of sp³-hybridized carbons (Fsp3) is 0.444. The zero-order valence-electron chi connectivity index (χ0n) is 14.9. The van der Waals surface area contributed by atoms with E-state index in [-0.39, 0.29) is 31.2 Å². The van der Waals surface area contributed by atoms with Gasteiger partial charge < -0.3 is 15.7 Å². The number of carbonyl (C=O) groups excluding carboxylic acids is 3. The number of carboxylic acid groups (broad SMARTS) is 1. The lowest BCUT2D eigenvalue weighted by Gasteiger charge is -2.15. The zero-order chi connectivity index (χ0) is 19.3. The monoisotopic (exact) mass is 361 g/mol. The summed E-state index contributed by atoms with van der Waals surface area (Å²) in [5.41, 5.74) is 0.510. The normalized spacial score (nSPS) is 15.7. The van der Waals surface area contributed by atoms with Gasteiger partial charge in [-0.2, -0.15) is 0 Å². The molecule has 2 rings (SSSR count). The van der Waals surface area contributed by atoms with E-state index in [2.05, 4.69) is 10.6 Å². The molecule has 1 aromatic carbocycles. The highest BCUT2D eigenvalue weighted by Gasteiger charge is 2.43. The van der Waals surface area contributed by atoms with Gasteiger partial charge >= 0.3 is 12.0 Å². The summed E-state index contributed by atoms with van der Waals surface area (Å²) >= 11 is 0. The number of anilines is 1.